The van der Waals surface area contributed by atoms with E-state index in [1.807, 2.05) is 42.5 Å². The van der Waals surface area contributed by atoms with Crippen molar-refractivity contribution in [3.63, 3.8) is 0 Å². The van der Waals surface area contributed by atoms with Crippen molar-refractivity contribution in [1.29, 1.82) is 0 Å². The van der Waals surface area contributed by atoms with Crippen LogP contribution >= 0.6 is 0 Å². The van der Waals surface area contributed by atoms with Crippen molar-refractivity contribution in [3.05, 3.63) is 65.7 Å². The number of benzene rings is 2. The molecule has 0 aliphatic carbocycles. The van der Waals surface area contributed by atoms with Crippen molar-refractivity contribution >= 4 is 5.97 Å². The molecule has 126 valence electrons. The van der Waals surface area contributed by atoms with Gasteiger partial charge in [0.05, 0.1) is 0 Å². The van der Waals surface area contributed by atoms with E-state index in [4.69, 9.17) is 4.74 Å². The van der Waals surface area contributed by atoms with Gasteiger partial charge in [-0.25, -0.2) is 0 Å². The molecule has 0 spiro atoms. The molecule has 0 radical (unpaired) electrons. The molecule has 1 aliphatic heterocycles. The average Bonchev–Trinajstić information content (AvgIpc) is 2.63. The Hall–Kier alpha value is -2.33. The van der Waals surface area contributed by atoms with Gasteiger partial charge in [-0.3, -0.25) is 4.79 Å². The lowest BCUT2D eigenvalue weighted by Gasteiger charge is -2.37. The number of hydrogen-bond donors (Lipinski definition) is 2. The van der Waals surface area contributed by atoms with Crippen LogP contribution in [0.3, 0.4) is 0 Å². The third kappa shape index (κ3) is 3.95. The molecular formula is C20H23NO3. The molecule has 0 aromatic heterocycles. The monoisotopic (exact) mass is 325 g/mol. The van der Waals surface area contributed by atoms with Gasteiger partial charge in [-0.1, -0.05) is 42.5 Å². The maximum absolute atomic E-state index is 12.4. The molecule has 0 atom stereocenters. The number of carbonyl (C=O) groups is 1. The van der Waals surface area contributed by atoms with Gasteiger partial charge in [-0.2, -0.15) is 0 Å². The van der Waals surface area contributed by atoms with Gasteiger partial charge in [0, 0.05) is 19.3 Å². The summed E-state index contributed by atoms with van der Waals surface area (Å²) in [5.41, 5.74) is 1.58. The summed E-state index contributed by atoms with van der Waals surface area (Å²) < 4.78 is 5.98. The molecule has 2 N–H and O–H groups in total. The highest BCUT2D eigenvalue weighted by molar-refractivity contribution is 5.70. The second-order valence-corrected chi connectivity index (χ2v) is 6.25. The fourth-order valence-corrected chi connectivity index (χ4v) is 3.20. The Morgan fingerprint density at radius 1 is 1.04 bits per heavy atom. The van der Waals surface area contributed by atoms with Gasteiger partial charge in [0.15, 0.2) is 0 Å². The van der Waals surface area contributed by atoms with Crippen LogP contribution in [-0.2, 0) is 21.6 Å². The number of piperidine rings is 1. The maximum Gasteiger partial charge on any atom is 0.307 e. The van der Waals surface area contributed by atoms with E-state index in [0.717, 1.165) is 37.1 Å². The lowest BCUT2D eigenvalue weighted by Crippen LogP contribution is -2.43. The van der Waals surface area contributed by atoms with Gasteiger partial charge in [-0.15, -0.1) is 0 Å². The van der Waals surface area contributed by atoms with E-state index in [1.54, 1.807) is 12.1 Å². The van der Waals surface area contributed by atoms with Crippen LogP contribution in [0.25, 0.3) is 0 Å². The largest absolute Gasteiger partial charge is 0.508 e. The molecule has 1 heterocycles. The van der Waals surface area contributed by atoms with Crippen LogP contribution in [-0.4, -0.2) is 24.2 Å². The molecule has 1 saturated heterocycles. The number of esters is 1. The van der Waals surface area contributed by atoms with Gasteiger partial charge in [0.25, 0.3) is 0 Å². The lowest BCUT2D eigenvalue weighted by atomic mass is 9.84. The molecule has 24 heavy (non-hydrogen) atoms. The Morgan fingerprint density at radius 2 is 1.71 bits per heavy atom. The van der Waals surface area contributed by atoms with Crippen molar-refractivity contribution in [2.45, 2.75) is 31.3 Å². The Bertz CT molecular complexity index is 661. The summed E-state index contributed by atoms with van der Waals surface area (Å²) in [6, 6.07) is 17.0. The maximum atomic E-state index is 12.4. The van der Waals surface area contributed by atoms with Gasteiger partial charge >= 0.3 is 5.97 Å². The molecule has 2 aromatic rings. The highest BCUT2D eigenvalue weighted by Crippen LogP contribution is 2.35. The number of aromatic hydroxyl groups is 1. The van der Waals surface area contributed by atoms with Crippen LogP contribution in [0.5, 0.6) is 5.75 Å². The molecule has 1 fully saturated rings. The van der Waals surface area contributed by atoms with Crippen LogP contribution < -0.4 is 5.32 Å². The van der Waals surface area contributed by atoms with Crippen LogP contribution in [0.15, 0.2) is 54.6 Å². The summed E-state index contributed by atoms with van der Waals surface area (Å²) in [4.78, 5) is 12.4. The molecule has 0 saturated carbocycles. The minimum Gasteiger partial charge on any atom is -0.508 e. The number of hydrogen-bond acceptors (Lipinski definition) is 4. The second kappa shape index (κ2) is 7.49. The number of nitrogens with one attached hydrogen (secondary N) is 1. The number of phenols is 1. The van der Waals surface area contributed by atoms with E-state index in [1.165, 1.54) is 0 Å². The van der Waals surface area contributed by atoms with Gasteiger partial charge in [0.1, 0.15) is 11.4 Å². The van der Waals surface area contributed by atoms with Crippen LogP contribution in [0, 0.1) is 0 Å². The summed E-state index contributed by atoms with van der Waals surface area (Å²) in [6.07, 6.45) is 2.54. The third-order valence-corrected chi connectivity index (χ3v) is 4.57. The third-order valence-electron chi connectivity index (χ3n) is 4.57. The van der Waals surface area contributed by atoms with E-state index in [0.29, 0.717) is 12.8 Å². The molecule has 0 unspecified atom stereocenters. The summed E-state index contributed by atoms with van der Waals surface area (Å²) in [6.45, 7) is 1.69. The molecular weight excluding hydrogens is 302 g/mol. The first-order valence-corrected chi connectivity index (χ1v) is 8.44. The number of ether oxygens (including phenoxy) is 1. The van der Waals surface area contributed by atoms with Crippen LogP contribution in [0.4, 0.5) is 0 Å². The molecule has 0 bridgehead atoms. The number of rotatable bonds is 5. The van der Waals surface area contributed by atoms with E-state index in [2.05, 4.69) is 5.32 Å². The fourth-order valence-electron chi connectivity index (χ4n) is 3.20. The Kier molecular flexibility index (Phi) is 5.16. The van der Waals surface area contributed by atoms with Crippen molar-refractivity contribution in [2.75, 3.05) is 13.1 Å². The summed E-state index contributed by atoms with van der Waals surface area (Å²) in [5, 5.41) is 12.6. The van der Waals surface area contributed by atoms with Crippen molar-refractivity contribution < 1.29 is 14.6 Å². The predicted octanol–water partition coefficient (Wildman–Crippen LogP) is 3.15. The van der Waals surface area contributed by atoms with E-state index < -0.39 is 5.60 Å². The van der Waals surface area contributed by atoms with Crippen molar-refractivity contribution in [3.8, 4) is 5.75 Å². The normalized spacial score (nSPS) is 16.5. The van der Waals surface area contributed by atoms with Gasteiger partial charge in [-0.05, 0) is 42.8 Å². The molecule has 4 heteroatoms. The first-order chi connectivity index (χ1) is 11.7. The Labute approximate surface area is 142 Å². The standard InChI is InChI=1S/C20H23NO3/c22-18-9-6-16(7-10-18)8-11-19(23)24-20(12-14-21-15-13-20)17-4-2-1-3-5-17/h1-7,9-10,21-22H,8,11-15H2. The number of phenolic OH excluding ortho intramolecular Hbond substituents is 1. The lowest BCUT2D eigenvalue weighted by molar-refractivity contribution is -0.164. The molecule has 3 rings (SSSR count). The Morgan fingerprint density at radius 3 is 2.38 bits per heavy atom. The minimum atomic E-state index is -0.515. The molecule has 0 amide bonds. The first kappa shape index (κ1) is 16.5. The zero-order chi connectivity index (χ0) is 16.8. The summed E-state index contributed by atoms with van der Waals surface area (Å²) in [7, 11) is 0. The van der Waals surface area contributed by atoms with Gasteiger partial charge < -0.3 is 15.2 Å². The quantitative estimate of drug-likeness (QED) is 0.829. The zero-order valence-electron chi connectivity index (χ0n) is 13.7. The molecule has 1 aliphatic rings. The van der Waals surface area contributed by atoms with E-state index >= 15 is 0 Å². The smallest absolute Gasteiger partial charge is 0.307 e. The number of carbonyl (C=O) groups excluding carboxylic acids is 1. The second-order valence-electron chi connectivity index (χ2n) is 6.25. The van der Waals surface area contributed by atoms with E-state index in [9.17, 15) is 9.90 Å². The minimum absolute atomic E-state index is 0.172. The molecule has 4 nitrogen and oxygen atoms in total. The van der Waals surface area contributed by atoms with Crippen molar-refractivity contribution in [1.82, 2.24) is 5.32 Å². The van der Waals surface area contributed by atoms with Gasteiger partial charge in [0.2, 0.25) is 0 Å². The zero-order valence-corrected chi connectivity index (χ0v) is 13.7. The Balaban J connectivity index is 1.66. The topological polar surface area (TPSA) is 58.6 Å². The fraction of sp³-hybridized carbons (Fsp3) is 0.350. The highest BCUT2D eigenvalue weighted by Gasteiger charge is 2.37. The predicted molar refractivity (Wildman–Crippen MR) is 92.7 cm³/mol. The SMILES string of the molecule is O=C(CCc1ccc(O)cc1)OC1(c2ccccc2)CCNCC1. The van der Waals surface area contributed by atoms with E-state index in [-0.39, 0.29) is 11.7 Å². The summed E-state index contributed by atoms with van der Waals surface area (Å²) in [5.74, 6) is 0.0629. The number of aryl methyl sites for hydroxylation is 1. The van der Waals surface area contributed by atoms with Crippen LogP contribution in [0.2, 0.25) is 0 Å². The highest BCUT2D eigenvalue weighted by atomic mass is 16.6. The first-order valence-electron chi connectivity index (χ1n) is 8.44. The average molecular weight is 325 g/mol. The summed E-state index contributed by atoms with van der Waals surface area (Å²) >= 11 is 0. The molecule has 2 aromatic carbocycles. The van der Waals surface area contributed by atoms with Crippen molar-refractivity contribution in [2.24, 2.45) is 0 Å². The van der Waals surface area contributed by atoms with Crippen LogP contribution in [0.1, 0.15) is 30.4 Å².